The summed E-state index contributed by atoms with van der Waals surface area (Å²) in [5, 5.41) is 12.4. The van der Waals surface area contributed by atoms with Gasteiger partial charge in [-0.05, 0) is 68.4 Å². The molecule has 0 aromatic carbocycles. The second-order valence-electron chi connectivity index (χ2n) is 11.5. The highest BCUT2D eigenvalue weighted by molar-refractivity contribution is 7.15. The lowest BCUT2D eigenvalue weighted by Crippen LogP contribution is -2.45. The number of aromatic nitrogens is 3. The maximum atomic E-state index is 13.3. The van der Waals surface area contributed by atoms with Crippen LogP contribution in [0.3, 0.4) is 0 Å². The van der Waals surface area contributed by atoms with Gasteiger partial charge in [-0.15, -0.1) is 11.3 Å². The van der Waals surface area contributed by atoms with Crippen LogP contribution in [0.4, 0.5) is 5.69 Å². The molecule has 3 aromatic heterocycles. The van der Waals surface area contributed by atoms with Gasteiger partial charge in [0.15, 0.2) is 4.96 Å². The van der Waals surface area contributed by atoms with Gasteiger partial charge < -0.3 is 25.8 Å². The van der Waals surface area contributed by atoms with E-state index in [2.05, 4.69) is 26.3 Å². The van der Waals surface area contributed by atoms with Crippen LogP contribution < -0.4 is 26.8 Å². The van der Waals surface area contributed by atoms with Crippen molar-refractivity contribution in [2.45, 2.75) is 57.7 Å². The second kappa shape index (κ2) is 11.7. The first kappa shape index (κ1) is 28.8. The summed E-state index contributed by atoms with van der Waals surface area (Å²) in [7, 11) is 0. The molecule has 14 heteroatoms. The Balaban J connectivity index is 1.12. The monoisotopic (exact) mass is 607 g/mol. The fourth-order valence-corrected chi connectivity index (χ4v) is 7.60. The van der Waals surface area contributed by atoms with Crippen molar-refractivity contribution < 1.29 is 24.0 Å². The maximum Gasteiger partial charge on any atom is 0.287 e. The van der Waals surface area contributed by atoms with Crippen LogP contribution in [0.1, 0.15) is 49.5 Å². The zero-order chi connectivity index (χ0) is 30.2. The molecule has 3 aliphatic rings. The molecule has 13 nitrogen and oxygen atoms in total. The molecule has 3 fully saturated rings. The molecule has 0 aliphatic heterocycles. The number of Topliss-reactive ketones (excluding diaryl/α,β-unsaturated/α-hetero) is 1. The summed E-state index contributed by atoms with van der Waals surface area (Å²) in [6, 6.07) is 1.84. The summed E-state index contributed by atoms with van der Waals surface area (Å²) < 4.78 is 2.89. The molecule has 4 amide bonds. The second-order valence-corrected chi connectivity index (χ2v) is 12.3. The normalized spacial score (nSPS) is 23.8. The zero-order valence-corrected chi connectivity index (χ0v) is 24.4. The van der Waals surface area contributed by atoms with Gasteiger partial charge in [0.25, 0.3) is 17.4 Å². The maximum absolute atomic E-state index is 13.3. The first-order valence-corrected chi connectivity index (χ1v) is 15.4. The van der Waals surface area contributed by atoms with E-state index >= 15 is 0 Å². The van der Waals surface area contributed by atoms with Crippen molar-refractivity contribution in [1.82, 2.24) is 29.9 Å². The number of fused-ring (bicyclic) bond motifs is 2. The Kier molecular flexibility index (Phi) is 7.86. The summed E-state index contributed by atoms with van der Waals surface area (Å²) in [6.45, 7) is 1.75. The van der Waals surface area contributed by atoms with E-state index in [0.717, 1.165) is 30.6 Å². The number of amides is 4. The fourth-order valence-electron chi connectivity index (χ4n) is 6.90. The molecule has 0 spiro atoms. The number of likely N-dealkylation sites (N-methyl/N-ethyl adjacent to an activating group) is 1. The smallest absolute Gasteiger partial charge is 0.287 e. The summed E-state index contributed by atoms with van der Waals surface area (Å²) in [4.78, 5) is 81.4. The number of nitrogens with one attached hydrogen (secondary N) is 4. The van der Waals surface area contributed by atoms with E-state index in [9.17, 15) is 28.8 Å². The number of hydrogen-bond donors (Lipinski definition) is 4. The Hall–Kier alpha value is -4.33. The fraction of sp³-hybridized carbons (Fsp3) is 0.483. The standard InChI is InChI=1S/C29H33N7O6S/c1-2-30-27(41)22(37)8-7-18(32-26(40)21-13-36-10-11-43-29(36)34-21)25(39)33-19-4-3-9-35(28(19)42)14-23(38)31-20-12-17-15-5-6-16(20)24(15)17/h3-4,9-11,13,15-18,20,24H,2,5-8,12,14H2,1H3,(H,30,41)(H,31,38)(H,32,40)(H,33,39)/t15?,16?,17?,18-,20?,24?/m0/s1. The molecule has 4 N–H and O–H groups in total. The average molecular weight is 608 g/mol. The van der Waals surface area contributed by atoms with Crippen LogP contribution in [0.5, 0.6) is 0 Å². The van der Waals surface area contributed by atoms with Crippen molar-refractivity contribution in [2.75, 3.05) is 11.9 Å². The Morgan fingerprint density at radius 1 is 1.12 bits per heavy atom. The lowest BCUT2D eigenvalue weighted by atomic mass is 10.00. The van der Waals surface area contributed by atoms with Crippen LogP contribution in [0, 0.1) is 23.7 Å². The molecule has 5 unspecified atom stereocenters. The van der Waals surface area contributed by atoms with Gasteiger partial charge in [0.05, 0.1) is 0 Å². The minimum Gasteiger partial charge on any atom is -0.352 e. The van der Waals surface area contributed by atoms with Gasteiger partial charge in [-0.2, -0.15) is 0 Å². The summed E-state index contributed by atoms with van der Waals surface area (Å²) >= 11 is 1.33. The zero-order valence-electron chi connectivity index (χ0n) is 23.6. The lowest BCUT2D eigenvalue weighted by molar-refractivity contribution is -0.138. The van der Waals surface area contributed by atoms with Crippen LogP contribution in [0.25, 0.3) is 4.96 Å². The number of carbonyl (C=O) groups excluding carboxylic acids is 5. The van der Waals surface area contributed by atoms with E-state index in [0.29, 0.717) is 10.9 Å². The van der Waals surface area contributed by atoms with Gasteiger partial charge in [0.2, 0.25) is 17.6 Å². The molecule has 226 valence electrons. The number of anilines is 1. The molecule has 43 heavy (non-hydrogen) atoms. The highest BCUT2D eigenvalue weighted by Gasteiger charge is 2.64. The van der Waals surface area contributed by atoms with Gasteiger partial charge in [0.1, 0.15) is 24.0 Å². The van der Waals surface area contributed by atoms with Gasteiger partial charge in [-0.1, -0.05) is 0 Å². The van der Waals surface area contributed by atoms with Gasteiger partial charge in [-0.3, -0.25) is 33.2 Å². The molecule has 6 atom stereocenters. The highest BCUT2D eigenvalue weighted by Crippen LogP contribution is 2.68. The summed E-state index contributed by atoms with van der Waals surface area (Å²) in [6.07, 6.45) is 7.61. The quantitative estimate of drug-likeness (QED) is 0.222. The van der Waals surface area contributed by atoms with Crippen LogP contribution >= 0.6 is 11.3 Å². The molecular formula is C29H33N7O6S. The minimum absolute atomic E-state index is 0.0699. The topological polar surface area (TPSA) is 173 Å². The third-order valence-electron chi connectivity index (χ3n) is 8.91. The SMILES string of the molecule is CCNC(=O)C(=O)CC[C@H](NC(=O)c1cn2ccsc2n1)C(=O)Nc1cccn(CC(=O)NC2CC3C4CCC2C43)c1=O. The first-order valence-electron chi connectivity index (χ1n) is 14.6. The van der Waals surface area contributed by atoms with Crippen LogP contribution in [0.15, 0.2) is 40.9 Å². The highest BCUT2D eigenvalue weighted by atomic mass is 32.1. The Bertz CT molecular complexity index is 1630. The minimum atomic E-state index is -1.26. The predicted octanol–water partition coefficient (Wildman–Crippen LogP) is 0.941. The van der Waals surface area contributed by atoms with Crippen molar-refractivity contribution in [1.29, 1.82) is 0 Å². The Morgan fingerprint density at radius 3 is 2.70 bits per heavy atom. The molecule has 3 aromatic rings. The number of ketones is 1. The Labute approximate surface area is 250 Å². The van der Waals surface area contributed by atoms with Crippen LogP contribution in [0.2, 0.25) is 0 Å². The first-order chi connectivity index (χ1) is 20.7. The molecule has 0 bridgehead atoms. The molecular weight excluding hydrogens is 574 g/mol. The van der Waals surface area contributed by atoms with E-state index in [1.165, 1.54) is 40.8 Å². The molecule has 3 saturated carbocycles. The number of nitrogens with zero attached hydrogens (tertiary/aromatic N) is 3. The van der Waals surface area contributed by atoms with Crippen molar-refractivity contribution in [3.8, 4) is 0 Å². The molecule has 3 heterocycles. The number of rotatable bonds is 12. The average Bonchev–Trinajstić information content (AvgIpc) is 3.43. The third kappa shape index (κ3) is 5.83. The van der Waals surface area contributed by atoms with Gasteiger partial charge in [-0.25, -0.2) is 4.98 Å². The largest absolute Gasteiger partial charge is 0.352 e. The Morgan fingerprint density at radius 2 is 1.93 bits per heavy atom. The van der Waals surface area contributed by atoms with E-state index in [1.807, 2.05) is 5.38 Å². The van der Waals surface area contributed by atoms with E-state index in [-0.39, 0.29) is 49.3 Å². The van der Waals surface area contributed by atoms with Crippen molar-refractivity contribution in [2.24, 2.45) is 23.7 Å². The summed E-state index contributed by atoms with van der Waals surface area (Å²) in [5.74, 6) is -0.313. The number of hydrogen-bond acceptors (Lipinski definition) is 8. The van der Waals surface area contributed by atoms with E-state index < -0.39 is 35.1 Å². The number of thiazole rings is 1. The van der Waals surface area contributed by atoms with E-state index in [4.69, 9.17) is 0 Å². The summed E-state index contributed by atoms with van der Waals surface area (Å²) in [5.41, 5.74) is -0.600. The number of pyridine rings is 1. The third-order valence-corrected chi connectivity index (χ3v) is 9.68. The molecule has 3 aliphatic carbocycles. The van der Waals surface area contributed by atoms with Crippen LogP contribution in [-0.4, -0.2) is 62.0 Å². The van der Waals surface area contributed by atoms with E-state index in [1.54, 1.807) is 23.6 Å². The molecule has 0 saturated heterocycles. The van der Waals surface area contributed by atoms with Gasteiger partial charge in [0, 0.05) is 43.0 Å². The van der Waals surface area contributed by atoms with Crippen molar-refractivity contribution in [3.05, 3.63) is 52.2 Å². The predicted molar refractivity (Wildman–Crippen MR) is 156 cm³/mol. The van der Waals surface area contributed by atoms with Crippen molar-refractivity contribution >= 4 is 51.4 Å². The van der Waals surface area contributed by atoms with Crippen LogP contribution in [-0.2, 0) is 25.7 Å². The van der Waals surface area contributed by atoms with Gasteiger partial charge >= 0.3 is 0 Å². The molecule has 6 rings (SSSR count). The van der Waals surface area contributed by atoms with Crippen molar-refractivity contribution in [3.63, 3.8) is 0 Å². The lowest BCUT2D eigenvalue weighted by Gasteiger charge is -2.21. The molecule has 0 radical (unpaired) electrons. The number of carbonyl (C=O) groups is 5. The number of imidazole rings is 1.